The Hall–Kier alpha value is -0.280. The average Bonchev–Trinajstić information content (AvgIpc) is 1.94. The molecule has 0 bridgehead atoms. The molecule has 17 heavy (non-hydrogen) atoms. The van der Waals surface area contributed by atoms with Crippen LogP contribution in [0, 0.1) is 5.41 Å². The molecule has 0 aromatic rings. The van der Waals surface area contributed by atoms with Gasteiger partial charge in [0.2, 0.25) is 5.91 Å². The zero-order chi connectivity index (χ0) is 13.0. The normalized spacial score (nSPS) is 13.8. The molecule has 1 amide bonds. The van der Waals surface area contributed by atoms with Crippen LogP contribution in [-0.4, -0.2) is 17.5 Å². The molecule has 0 rings (SSSR count). The first kappa shape index (κ1) is 19.1. The van der Waals surface area contributed by atoms with Crippen LogP contribution >= 0.6 is 12.4 Å². The number of nitrogens with two attached hydrogens (primary N) is 1. The van der Waals surface area contributed by atoms with Gasteiger partial charge in [-0.05, 0) is 39.0 Å². The number of carbonyl (C=O) groups excluding carboxylic acids is 1. The summed E-state index contributed by atoms with van der Waals surface area (Å²) < 4.78 is 0. The molecule has 1 unspecified atom stereocenters. The molecular weight excluding hydrogens is 236 g/mol. The molecule has 0 aliphatic carbocycles. The van der Waals surface area contributed by atoms with Crippen LogP contribution in [0.5, 0.6) is 0 Å². The topological polar surface area (TPSA) is 55.1 Å². The predicted octanol–water partition coefficient (Wildman–Crippen LogP) is 2.87. The average molecular weight is 265 g/mol. The highest BCUT2D eigenvalue weighted by molar-refractivity contribution is 5.85. The van der Waals surface area contributed by atoms with Gasteiger partial charge in [-0.15, -0.1) is 12.4 Å². The first-order chi connectivity index (χ1) is 7.02. The van der Waals surface area contributed by atoms with Crippen molar-refractivity contribution in [2.24, 2.45) is 11.1 Å². The number of hydrogen-bond donors (Lipinski definition) is 2. The van der Waals surface area contributed by atoms with Gasteiger partial charge >= 0.3 is 0 Å². The Balaban J connectivity index is 0. The highest BCUT2D eigenvalue weighted by Crippen LogP contribution is 2.26. The summed E-state index contributed by atoms with van der Waals surface area (Å²) in [6, 6.07) is 0.0940. The maximum atomic E-state index is 11.7. The van der Waals surface area contributed by atoms with Gasteiger partial charge in [0.05, 0.1) is 0 Å². The summed E-state index contributed by atoms with van der Waals surface area (Å²) in [6.45, 7) is 12.6. The van der Waals surface area contributed by atoms with Gasteiger partial charge in [0, 0.05) is 18.0 Å². The second-order valence-electron chi connectivity index (χ2n) is 6.69. The van der Waals surface area contributed by atoms with E-state index in [9.17, 15) is 4.79 Å². The third kappa shape index (κ3) is 12.0. The number of nitrogens with one attached hydrogen (secondary N) is 1. The molecule has 0 aromatic carbocycles. The van der Waals surface area contributed by atoms with Crippen LogP contribution in [0.15, 0.2) is 0 Å². The van der Waals surface area contributed by atoms with Crippen LogP contribution in [0.4, 0.5) is 0 Å². The van der Waals surface area contributed by atoms with Crippen LogP contribution in [0.3, 0.4) is 0 Å². The molecule has 0 aromatic heterocycles. The summed E-state index contributed by atoms with van der Waals surface area (Å²) in [4.78, 5) is 11.7. The predicted molar refractivity (Wildman–Crippen MR) is 76.4 cm³/mol. The fourth-order valence-electron chi connectivity index (χ4n) is 2.17. The van der Waals surface area contributed by atoms with Crippen molar-refractivity contribution in [2.75, 3.05) is 0 Å². The first-order valence-corrected chi connectivity index (χ1v) is 6.08. The molecule has 0 saturated heterocycles. The monoisotopic (exact) mass is 264 g/mol. The maximum Gasteiger partial charge on any atom is 0.220 e. The van der Waals surface area contributed by atoms with Gasteiger partial charge in [-0.3, -0.25) is 4.79 Å². The summed E-state index contributed by atoms with van der Waals surface area (Å²) in [5.74, 6) is 0.103. The van der Waals surface area contributed by atoms with E-state index >= 15 is 0 Å². The quantitative estimate of drug-likeness (QED) is 0.802. The first-order valence-electron chi connectivity index (χ1n) is 6.08. The van der Waals surface area contributed by atoms with Gasteiger partial charge in [-0.25, -0.2) is 0 Å². The molecule has 0 spiro atoms. The van der Waals surface area contributed by atoms with Crippen molar-refractivity contribution in [3.8, 4) is 0 Å². The number of hydrogen-bond acceptors (Lipinski definition) is 2. The smallest absolute Gasteiger partial charge is 0.220 e. The van der Waals surface area contributed by atoms with Gasteiger partial charge in [0.15, 0.2) is 0 Å². The molecule has 0 aliphatic rings. The molecule has 1 atom stereocenters. The van der Waals surface area contributed by atoms with E-state index in [1.807, 2.05) is 6.92 Å². The molecule has 3 nitrogen and oxygen atoms in total. The maximum absolute atomic E-state index is 11.7. The fraction of sp³-hybridized carbons (Fsp3) is 0.923. The lowest BCUT2D eigenvalue weighted by Gasteiger charge is -2.33. The van der Waals surface area contributed by atoms with Crippen LogP contribution in [0.25, 0.3) is 0 Å². The fourth-order valence-corrected chi connectivity index (χ4v) is 2.17. The number of amides is 1. The van der Waals surface area contributed by atoms with Crippen molar-refractivity contribution in [1.82, 2.24) is 5.32 Å². The lowest BCUT2D eigenvalue weighted by molar-refractivity contribution is -0.123. The molecule has 104 valence electrons. The van der Waals surface area contributed by atoms with E-state index < -0.39 is 0 Å². The third-order valence-electron chi connectivity index (χ3n) is 2.28. The Morgan fingerprint density at radius 3 is 2.06 bits per heavy atom. The van der Waals surface area contributed by atoms with E-state index in [4.69, 9.17) is 5.73 Å². The second kappa shape index (κ2) is 7.22. The van der Waals surface area contributed by atoms with Crippen molar-refractivity contribution < 1.29 is 4.79 Å². The van der Waals surface area contributed by atoms with Crippen LogP contribution in [0.1, 0.15) is 60.8 Å². The summed E-state index contributed by atoms with van der Waals surface area (Å²) in [7, 11) is 0. The van der Waals surface area contributed by atoms with E-state index in [1.54, 1.807) is 0 Å². The van der Waals surface area contributed by atoms with E-state index in [-0.39, 0.29) is 35.3 Å². The minimum Gasteiger partial charge on any atom is -0.351 e. The molecule has 0 fully saturated rings. The molecular formula is C13H29ClN2O. The zero-order valence-corrected chi connectivity index (χ0v) is 12.9. The van der Waals surface area contributed by atoms with Crippen LogP contribution < -0.4 is 11.1 Å². The van der Waals surface area contributed by atoms with Crippen molar-refractivity contribution >= 4 is 18.3 Å². The highest BCUT2D eigenvalue weighted by atomic mass is 35.5. The molecule has 0 heterocycles. The minimum atomic E-state index is -0.146. The number of halogens is 1. The molecule has 0 radical (unpaired) electrons. The summed E-state index contributed by atoms with van der Waals surface area (Å²) in [5.41, 5.74) is 5.70. The second-order valence-corrected chi connectivity index (χ2v) is 6.69. The van der Waals surface area contributed by atoms with Crippen LogP contribution in [-0.2, 0) is 4.79 Å². The standard InChI is InChI=1S/C13H28N2O.ClH/c1-10(14)7-8-11(16)15-13(5,6)9-12(2,3)4;/h10H,7-9,14H2,1-6H3,(H,15,16);1H. The van der Waals surface area contributed by atoms with Crippen molar-refractivity contribution in [3.05, 3.63) is 0 Å². The molecule has 4 heteroatoms. The van der Waals surface area contributed by atoms with Crippen molar-refractivity contribution in [3.63, 3.8) is 0 Å². The van der Waals surface area contributed by atoms with Gasteiger partial charge < -0.3 is 11.1 Å². The van der Waals surface area contributed by atoms with Gasteiger partial charge in [0.1, 0.15) is 0 Å². The number of rotatable bonds is 5. The largest absolute Gasteiger partial charge is 0.351 e. The lowest BCUT2D eigenvalue weighted by atomic mass is 9.81. The molecule has 0 saturated carbocycles. The van der Waals surface area contributed by atoms with Crippen LogP contribution in [0.2, 0.25) is 0 Å². The van der Waals surface area contributed by atoms with E-state index in [1.165, 1.54) is 0 Å². The minimum absolute atomic E-state index is 0. The Kier molecular flexibility index (Phi) is 8.10. The van der Waals surface area contributed by atoms with E-state index in [0.717, 1.165) is 12.8 Å². The number of carbonyl (C=O) groups is 1. The Morgan fingerprint density at radius 1 is 1.24 bits per heavy atom. The van der Waals surface area contributed by atoms with Crippen molar-refractivity contribution in [2.45, 2.75) is 72.4 Å². The lowest BCUT2D eigenvalue weighted by Crippen LogP contribution is -2.46. The van der Waals surface area contributed by atoms with Gasteiger partial charge in [-0.2, -0.15) is 0 Å². The summed E-state index contributed by atoms with van der Waals surface area (Å²) in [6.07, 6.45) is 2.23. The third-order valence-corrected chi connectivity index (χ3v) is 2.28. The summed E-state index contributed by atoms with van der Waals surface area (Å²) >= 11 is 0. The Morgan fingerprint density at radius 2 is 1.71 bits per heavy atom. The molecule has 3 N–H and O–H groups in total. The highest BCUT2D eigenvalue weighted by Gasteiger charge is 2.26. The summed E-state index contributed by atoms with van der Waals surface area (Å²) in [5, 5.41) is 3.07. The van der Waals surface area contributed by atoms with E-state index in [2.05, 4.69) is 39.9 Å². The van der Waals surface area contributed by atoms with Gasteiger partial charge in [-0.1, -0.05) is 20.8 Å². The van der Waals surface area contributed by atoms with Crippen molar-refractivity contribution in [1.29, 1.82) is 0 Å². The van der Waals surface area contributed by atoms with E-state index in [0.29, 0.717) is 6.42 Å². The zero-order valence-electron chi connectivity index (χ0n) is 12.1. The SMILES string of the molecule is CC(N)CCC(=O)NC(C)(C)CC(C)(C)C.Cl. The van der Waals surface area contributed by atoms with Gasteiger partial charge in [0.25, 0.3) is 0 Å². The Labute approximate surface area is 112 Å². The molecule has 0 aliphatic heterocycles. The Bertz CT molecular complexity index is 232.